The zero-order valence-electron chi connectivity index (χ0n) is 7.88. The lowest BCUT2D eigenvalue weighted by atomic mass is 10.1. The van der Waals surface area contributed by atoms with E-state index in [0.717, 1.165) is 12.1 Å². The topological polar surface area (TPSA) is 9.23 Å². The molecule has 84 valence electrons. The summed E-state index contributed by atoms with van der Waals surface area (Å²) in [4.78, 5) is 0. The molecule has 0 amide bonds. The second kappa shape index (κ2) is 3.66. The Morgan fingerprint density at radius 2 is 1.69 bits per heavy atom. The van der Waals surface area contributed by atoms with Crippen molar-refractivity contribution in [2.24, 2.45) is 0 Å². The summed E-state index contributed by atoms with van der Waals surface area (Å²) in [5.41, 5.74) is 0. The third-order valence-corrected chi connectivity index (χ3v) is 2.02. The van der Waals surface area contributed by atoms with Crippen LogP contribution < -0.4 is 4.74 Å². The molecular weight excluding hydrogens is 224 g/mol. The fourth-order valence-electron chi connectivity index (χ4n) is 1.43. The highest BCUT2D eigenvalue weighted by Gasteiger charge is 2.31. The fraction of sp³-hybridized carbons (Fsp3) is 0.0909. The molecule has 1 nitrogen and oxygen atoms in total. The second-order valence-electron chi connectivity index (χ2n) is 3.17. The largest absolute Gasteiger partial charge is 0.573 e. The standard InChI is InChI=1S/C11H6F4O/c12-10-6-8(16-11(13,14)15)5-7-3-1-2-4-9(7)10/h1-6H. The van der Waals surface area contributed by atoms with Crippen LogP contribution in [-0.2, 0) is 0 Å². The molecule has 0 aromatic heterocycles. The van der Waals surface area contributed by atoms with Crippen LogP contribution >= 0.6 is 0 Å². The van der Waals surface area contributed by atoms with Gasteiger partial charge in [0.25, 0.3) is 0 Å². The monoisotopic (exact) mass is 230 g/mol. The predicted octanol–water partition coefficient (Wildman–Crippen LogP) is 3.88. The van der Waals surface area contributed by atoms with Crippen LogP contribution in [0, 0.1) is 5.82 Å². The van der Waals surface area contributed by atoms with Gasteiger partial charge in [0.2, 0.25) is 0 Å². The van der Waals surface area contributed by atoms with E-state index in [1.807, 2.05) is 0 Å². The van der Waals surface area contributed by atoms with E-state index in [1.165, 1.54) is 12.1 Å². The van der Waals surface area contributed by atoms with E-state index in [9.17, 15) is 17.6 Å². The number of hydrogen-bond acceptors (Lipinski definition) is 1. The van der Waals surface area contributed by atoms with Gasteiger partial charge in [-0.1, -0.05) is 24.3 Å². The molecule has 0 N–H and O–H groups in total. The molecule has 0 aliphatic heterocycles. The molecule has 0 aliphatic carbocycles. The first-order valence-corrected chi connectivity index (χ1v) is 4.40. The molecule has 0 radical (unpaired) electrons. The van der Waals surface area contributed by atoms with Crippen LogP contribution in [0.4, 0.5) is 17.6 Å². The van der Waals surface area contributed by atoms with Crippen molar-refractivity contribution in [2.45, 2.75) is 6.36 Å². The molecule has 0 heterocycles. The first-order chi connectivity index (χ1) is 7.46. The van der Waals surface area contributed by atoms with Crippen molar-refractivity contribution >= 4 is 10.8 Å². The maximum absolute atomic E-state index is 13.4. The van der Waals surface area contributed by atoms with Gasteiger partial charge in [-0.2, -0.15) is 0 Å². The quantitative estimate of drug-likeness (QED) is 0.675. The van der Waals surface area contributed by atoms with E-state index in [4.69, 9.17) is 0 Å². The Labute approximate surface area is 88.3 Å². The number of rotatable bonds is 1. The van der Waals surface area contributed by atoms with Crippen LogP contribution in [-0.4, -0.2) is 6.36 Å². The minimum absolute atomic E-state index is 0.261. The molecule has 0 bridgehead atoms. The number of benzene rings is 2. The Kier molecular flexibility index (Phi) is 2.46. The Bertz CT molecular complexity index is 519. The van der Waals surface area contributed by atoms with Gasteiger partial charge in [-0.25, -0.2) is 4.39 Å². The Hall–Kier alpha value is -1.78. The van der Waals surface area contributed by atoms with Gasteiger partial charge in [0, 0.05) is 11.5 Å². The molecule has 16 heavy (non-hydrogen) atoms. The highest BCUT2D eigenvalue weighted by molar-refractivity contribution is 5.84. The van der Waals surface area contributed by atoms with E-state index >= 15 is 0 Å². The van der Waals surface area contributed by atoms with Crippen LogP contribution in [0.25, 0.3) is 10.8 Å². The molecule has 0 spiro atoms. The Balaban J connectivity index is 2.50. The summed E-state index contributed by atoms with van der Waals surface area (Å²) in [6.45, 7) is 0. The van der Waals surface area contributed by atoms with Crippen molar-refractivity contribution in [3.63, 3.8) is 0 Å². The van der Waals surface area contributed by atoms with Crippen LogP contribution in [0.2, 0.25) is 0 Å². The van der Waals surface area contributed by atoms with Crippen molar-refractivity contribution in [1.82, 2.24) is 0 Å². The summed E-state index contributed by atoms with van der Waals surface area (Å²) in [6, 6.07) is 8.08. The lowest BCUT2D eigenvalue weighted by Gasteiger charge is -2.09. The van der Waals surface area contributed by atoms with Gasteiger partial charge in [-0.05, 0) is 11.5 Å². The van der Waals surface area contributed by atoms with Crippen molar-refractivity contribution in [3.05, 3.63) is 42.2 Å². The number of alkyl halides is 3. The summed E-state index contributed by atoms with van der Waals surface area (Å²) >= 11 is 0. The zero-order chi connectivity index (χ0) is 11.8. The highest BCUT2D eigenvalue weighted by Crippen LogP contribution is 2.28. The zero-order valence-corrected chi connectivity index (χ0v) is 7.88. The SMILES string of the molecule is Fc1cc(OC(F)(F)F)cc2ccccc12. The van der Waals surface area contributed by atoms with Crippen molar-refractivity contribution in [3.8, 4) is 5.75 Å². The van der Waals surface area contributed by atoms with Gasteiger partial charge in [0.15, 0.2) is 0 Å². The molecule has 0 aliphatic rings. The van der Waals surface area contributed by atoms with Crippen molar-refractivity contribution in [2.75, 3.05) is 0 Å². The van der Waals surface area contributed by atoms with E-state index < -0.39 is 17.9 Å². The Morgan fingerprint density at radius 3 is 2.38 bits per heavy atom. The van der Waals surface area contributed by atoms with Crippen molar-refractivity contribution < 1.29 is 22.3 Å². The molecule has 0 unspecified atom stereocenters. The Morgan fingerprint density at radius 1 is 1.00 bits per heavy atom. The van der Waals surface area contributed by atoms with E-state index in [2.05, 4.69) is 4.74 Å². The smallest absolute Gasteiger partial charge is 0.406 e. The van der Waals surface area contributed by atoms with Gasteiger partial charge >= 0.3 is 6.36 Å². The van der Waals surface area contributed by atoms with Gasteiger partial charge < -0.3 is 4.74 Å². The third-order valence-electron chi connectivity index (χ3n) is 2.02. The van der Waals surface area contributed by atoms with E-state index in [-0.39, 0.29) is 5.39 Å². The molecule has 0 fully saturated rings. The maximum atomic E-state index is 13.4. The lowest BCUT2D eigenvalue weighted by Crippen LogP contribution is -2.17. The molecule has 0 atom stereocenters. The predicted molar refractivity (Wildman–Crippen MR) is 50.6 cm³/mol. The first kappa shape index (κ1) is 10.7. The van der Waals surface area contributed by atoms with Gasteiger partial charge in [0.05, 0.1) is 0 Å². The molecule has 2 aromatic carbocycles. The van der Waals surface area contributed by atoms with Crippen LogP contribution in [0.3, 0.4) is 0 Å². The van der Waals surface area contributed by atoms with Crippen LogP contribution in [0.15, 0.2) is 36.4 Å². The molecule has 5 heteroatoms. The third kappa shape index (κ3) is 2.24. The summed E-state index contributed by atoms with van der Waals surface area (Å²) in [5, 5.41) is 0.624. The molecule has 0 saturated heterocycles. The summed E-state index contributed by atoms with van der Waals surface area (Å²) in [7, 11) is 0. The average Bonchev–Trinajstić information content (AvgIpc) is 2.15. The fourth-order valence-corrected chi connectivity index (χ4v) is 1.43. The number of halogens is 4. The average molecular weight is 230 g/mol. The number of fused-ring (bicyclic) bond motifs is 1. The molecular formula is C11H6F4O. The molecule has 2 rings (SSSR count). The van der Waals surface area contributed by atoms with Crippen molar-refractivity contribution in [1.29, 1.82) is 0 Å². The van der Waals surface area contributed by atoms with Crippen LogP contribution in [0.5, 0.6) is 5.75 Å². The lowest BCUT2D eigenvalue weighted by molar-refractivity contribution is -0.274. The molecule has 0 saturated carbocycles. The van der Waals surface area contributed by atoms with Gasteiger partial charge in [0.1, 0.15) is 11.6 Å². The maximum Gasteiger partial charge on any atom is 0.573 e. The summed E-state index contributed by atoms with van der Waals surface area (Å²) < 4.78 is 52.8. The highest BCUT2D eigenvalue weighted by atomic mass is 19.4. The van der Waals surface area contributed by atoms with E-state index in [0.29, 0.717) is 5.39 Å². The van der Waals surface area contributed by atoms with Crippen LogP contribution in [0.1, 0.15) is 0 Å². The number of hydrogen-bond donors (Lipinski definition) is 0. The second-order valence-corrected chi connectivity index (χ2v) is 3.17. The summed E-state index contributed by atoms with van der Waals surface area (Å²) in [5.74, 6) is -1.29. The first-order valence-electron chi connectivity index (χ1n) is 4.40. The summed E-state index contributed by atoms with van der Waals surface area (Å²) in [6.07, 6.45) is -4.81. The van der Waals surface area contributed by atoms with Gasteiger partial charge in [-0.15, -0.1) is 13.2 Å². The molecule has 2 aromatic rings. The van der Waals surface area contributed by atoms with Gasteiger partial charge in [-0.3, -0.25) is 0 Å². The minimum Gasteiger partial charge on any atom is -0.406 e. The van der Waals surface area contributed by atoms with E-state index in [1.54, 1.807) is 12.1 Å². The number of ether oxygens (including phenoxy) is 1. The normalized spacial score (nSPS) is 11.8. The minimum atomic E-state index is -4.81.